The first-order valence-electron chi connectivity index (χ1n) is 6.86. The van der Waals surface area contributed by atoms with Crippen LogP contribution in [0.25, 0.3) is 11.0 Å². The number of hydrogen-bond acceptors (Lipinski definition) is 3. The number of rotatable bonds is 5. The molecule has 4 heteroatoms. The molecule has 1 atom stereocenters. The van der Waals surface area contributed by atoms with Crippen molar-refractivity contribution in [2.75, 3.05) is 18.9 Å². The van der Waals surface area contributed by atoms with Crippen LogP contribution < -0.4 is 5.73 Å². The number of nitrogen functional groups attached to an aromatic ring is 1. The average molecular weight is 261 g/mol. The maximum atomic E-state index is 5.83. The topological polar surface area (TPSA) is 53.1 Å². The average Bonchev–Trinajstić information content (AvgIpc) is 2.65. The van der Waals surface area contributed by atoms with Gasteiger partial charge in [0.05, 0.1) is 23.7 Å². The highest BCUT2D eigenvalue weighted by atomic mass is 16.5. The summed E-state index contributed by atoms with van der Waals surface area (Å²) in [5, 5.41) is 0. The van der Waals surface area contributed by atoms with E-state index in [0.717, 1.165) is 29.2 Å². The maximum Gasteiger partial charge on any atom is 0.107 e. The van der Waals surface area contributed by atoms with E-state index in [1.165, 1.54) is 0 Å². The highest BCUT2D eigenvalue weighted by molar-refractivity contribution is 5.79. The summed E-state index contributed by atoms with van der Waals surface area (Å²) in [5.74, 6) is 1.50. The number of aromatic nitrogens is 2. The molecular formula is C15H23N3O. The lowest BCUT2D eigenvalue weighted by Gasteiger charge is -2.24. The SMILES string of the molecule is CCOCC(C(C)C)n1c(C)nc2cc(N)ccc21. The Bertz CT molecular complexity index is 560. The fraction of sp³-hybridized carbons (Fsp3) is 0.533. The molecule has 0 bridgehead atoms. The van der Waals surface area contributed by atoms with Crippen LogP contribution in [0.5, 0.6) is 0 Å². The van der Waals surface area contributed by atoms with E-state index in [2.05, 4.69) is 23.4 Å². The summed E-state index contributed by atoms with van der Waals surface area (Å²) in [6, 6.07) is 6.20. The van der Waals surface area contributed by atoms with Crippen LogP contribution >= 0.6 is 0 Å². The van der Waals surface area contributed by atoms with E-state index in [1.54, 1.807) is 0 Å². The van der Waals surface area contributed by atoms with E-state index in [4.69, 9.17) is 10.5 Å². The molecular weight excluding hydrogens is 238 g/mol. The molecule has 1 unspecified atom stereocenters. The molecule has 19 heavy (non-hydrogen) atoms. The van der Waals surface area contributed by atoms with Crippen molar-refractivity contribution in [3.05, 3.63) is 24.0 Å². The van der Waals surface area contributed by atoms with Crippen LogP contribution in [0.15, 0.2) is 18.2 Å². The summed E-state index contributed by atoms with van der Waals surface area (Å²) < 4.78 is 7.91. The standard InChI is InChI=1S/C15H23N3O/c1-5-19-9-15(10(2)3)18-11(4)17-13-8-12(16)6-7-14(13)18/h6-8,10,15H,5,9,16H2,1-4H3. The fourth-order valence-electron chi connectivity index (χ4n) is 2.46. The molecule has 0 aliphatic heterocycles. The van der Waals surface area contributed by atoms with Crippen LogP contribution in [0, 0.1) is 12.8 Å². The number of hydrogen-bond donors (Lipinski definition) is 1. The Kier molecular flexibility index (Phi) is 4.10. The van der Waals surface area contributed by atoms with Gasteiger partial charge in [-0.3, -0.25) is 0 Å². The maximum absolute atomic E-state index is 5.83. The van der Waals surface area contributed by atoms with E-state index < -0.39 is 0 Å². The van der Waals surface area contributed by atoms with E-state index in [-0.39, 0.29) is 0 Å². The van der Waals surface area contributed by atoms with Crippen molar-refractivity contribution in [1.29, 1.82) is 0 Å². The van der Waals surface area contributed by atoms with Crippen LogP contribution in [0.1, 0.15) is 32.6 Å². The largest absolute Gasteiger partial charge is 0.399 e. The number of anilines is 1. The number of nitrogens with zero attached hydrogens (tertiary/aromatic N) is 2. The van der Waals surface area contributed by atoms with Gasteiger partial charge in [-0.15, -0.1) is 0 Å². The normalized spacial score (nSPS) is 13.3. The third kappa shape index (κ3) is 2.73. The van der Waals surface area contributed by atoms with Gasteiger partial charge in [-0.25, -0.2) is 4.98 Å². The summed E-state index contributed by atoms with van der Waals surface area (Å²) in [7, 11) is 0. The molecule has 2 N–H and O–H groups in total. The van der Waals surface area contributed by atoms with Gasteiger partial charge in [-0.05, 0) is 38.0 Å². The molecule has 0 amide bonds. The molecule has 0 saturated carbocycles. The summed E-state index contributed by atoms with van der Waals surface area (Å²) in [6.07, 6.45) is 0. The quantitative estimate of drug-likeness (QED) is 0.841. The molecule has 1 heterocycles. The summed E-state index contributed by atoms with van der Waals surface area (Å²) >= 11 is 0. The first-order chi connectivity index (χ1) is 9.04. The Morgan fingerprint density at radius 2 is 2.11 bits per heavy atom. The van der Waals surface area contributed by atoms with Crippen molar-refractivity contribution in [3.63, 3.8) is 0 Å². The third-order valence-corrected chi connectivity index (χ3v) is 3.48. The molecule has 0 radical (unpaired) electrons. The molecule has 4 nitrogen and oxygen atoms in total. The fourth-order valence-corrected chi connectivity index (χ4v) is 2.46. The highest BCUT2D eigenvalue weighted by Gasteiger charge is 2.20. The molecule has 1 aromatic carbocycles. The first kappa shape index (κ1) is 13.9. The Labute approximate surface area is 114 Å². The zero-order chi connectivity index (χ0) is 14.0. The molecule has 0 aliphatic carbocycles. The molecule has 0 saturated heterocycles. The van der Waals surface area contributed by atoms with E-state index in [9.17, 15) is 0 Å². The van der Waals surface area contributed by atoms with Gasteiger partial charge in [-0.1, -0.05) is 13.8 Å². The Balaban J connectivity index is 2.49. The molecule has 2 rings (SSSR count). The Morgan fingerprint density at radius 1 is 1.37 bits per heavy atom. The molecule has 0 fully saturated rings. The molecule has 0 aliphatic rings. The smallest absolute Gasteiger partial charge is 0.107 e. The van der Waals surface area contributed by atoms with Crippen molar-refractivity contribution in [3.8, 4) is 0 Å². The van der Waals surface area contributed by atoms with Crippen molar-refractivity contribution < 1.29 is 4.74 Å². The van der Waals surface area contributed by atoms with Crippen molar-refractivity contribution in [2.45, 2.75) is 33.7 Å². The van der Waals surface area contributed by atoms with Crippen LogP contribution in [0.3, 0.4) is 0 Å². The van der Waals surface area contributed by atoms with Crippen LogP contribution in [-0.2, 0) is 4.74 Å². The lowest BCUT2D eigenvalue weighted by molar-refractivity contribution is 0.0971. The molecule has 104 valence electrons. The van der Waals surface area contributed by atoms with Crippen molar-refractivity contribution >= 4 is 16.7 Å². The predicted molar refractivity (Wildman–Crippen MR) is 79.3 cm³/mol. The third-order valence-electron chi connectivity index (χ3n) is 3.48. The zero-order valence-electron chi connectivity index (χ0n) is 12.2. The predicted octanol–water partition coefficient (Wildman–Crippen LogP) is 3.16. The summed E-state index contributed by atoms with van der Waals surface area (Å²) in [6.45, 7) is 9.94. The Morgan fingerprint density at radius 3 is 2.74 bits per heavy atom. The molecule has 2 aromatic rings. The number of nitrogens with two attached hydrogens (primary N) is 1. The van der Waals surface area contributed by atoms with Crippen LogP contribution in [-0.4, -0.2) is 22.8 Å². The number of ether oxygens (including phenoxy) is 1. The van der Waals surface area contributed by atoms with Gasteiger partial charge in [0, 0.05) is 12.3 Å². The molecule has 1 aromatic heterocycles. The summed E-state index contributed by atoms with van der Waals surface area (Å²) in [5.41, 5.74) is 8.67. The minimum Gasteiger partial charge on any atom is -0.399 e. The van der Waals surface area contributed by atoms with Crippen molar-refractivity contribution in [1.82, 2.24) is 9.55 Å². The second-order valence-electron chi connectivity index (χ2n) is 5.25. The van der Waals surface area contributed by atoms with Crippen LogP contribution in [0.4, 0.5) is 5.69 Å². The number of aryl methyl sites for hydroxylation is 1. The first-order valence-corrected chi connectivity index (χ1v) is 6.86. The van der Waals surface area contributed by atoms with E-state index >= 15 is 0 Å². The molecule has 0 spiro atoms. The highest BCUT2D eigenvalue weighted by Crippen LogP contribution is 2.27. The van der Waals surface area contributed by atoms with Gasteiger partial charge in [0.2, 0.25) is 0 Å². The van der Waals surface area contributed by atoms with Gasteiger partial charge in [-0.2, -0.15) is 0 Å². The van der Waals surface area contributed by atoms with Crippen LogP contribution in [0.2, 0.25) is 0 Å². The van der Waals surface area contributed by atoms with E-state index in [1.807, 2.05) is 32.0 Å². The monoisotopic (exact) mass is 261 g/mol. The van der Waals surface area contributed by atoms with Gasteiger partial charge >= 0.3 is 0 Å². The lowest BCUT2D eigenvalue weighted by atomic mass is 10.0. The van der Waals surface area contributed by atoms with Gasteiger partial charge in [0.15, 0.2) is 0 Å². The van der Waals surface area contributed by atoms with Gasteiger partial charge in [0.25, 0.3) is 0 Å². The minimum absolute atomic E-state index is 0.300. The van der Waals surface area contributed by atoms with Gasteiger partial charge in [0.1, 0.15) is 5.82 Å². The van der Waals surface area contributed by atoms with Gasteiger partial charge < -0.3 is 15.0 Å². The minimum atomic E-state index is 0.300. The van der Waals surface area contributed by atoms with Crippen molar-refractivity contribution in [2.24, 2.45) is 5.92 Å². The number of benzene rings is 1. The second-order valence-corrected chi connectivity index (χ2v) is 5.25. The Hall–Kier alpha value is -1.55. The second kappa shape index (κ2) is 5.61. The number of fused-ring (bicyclic) bond motifs is 1. The zero-order valence-corrected chi connectivity index (χ0v) is 12.2. The summed E-state index contributed by atoms with van der Waals surface area (Å²) in [4.78, 5) is 4.61. The number of imidazole rings is 1. The van der Waals surface area contributed by atoms with E-state index in [0.29, 0.717) is 18.6 Å². The lowest BCUT2D eigenvalue weighted by Crippen LogP contribution is -2.22.